The van der Waals surface area contributed by atoms with Crippen molar-refractivity contribution in [3.8, 4) is 0 Å². The standard InChI is InChI=1S/C10H20N2S/c1-2-3-7-11-10(13)12-8-9-5-4-6-9/h9H,2-8H2,1H3,(H2,11,12,13). The molecule has 3 heteroatoms. The van der Waals surface area contributed by atoms with Crippen molar-refractivity contribution in [3.63, 3.8) is 0 Å². The maximum atomic E-state index is 5.14. The molecule has 0 atom stereocenters. The Balaban J connectivity index is 1.90. The van der Waals surface area contributed by atoms with Crippen molar-refractivity contribution in [2.75, 3.05) is 13.1 Å². The fraction of sp³-hybridized carbons (Fsp3) is 0.900. The second kappa shape index (κ2) is 6.19. The fourth-order valence-corrected chi connectivity index (χ4v) is 1.56. The lowest BCUT2D eigenvalue weighted by Crippen LogP contribution is -2.39. The fourth-order valence-electron chi connectivity index (χ4n) is 1.38. The van der Waals surface area contributed by atoms with Gasteiger partial charge in [-0.25, -0.2) is 0 Å². The highest BCUT2D eigenvalue weighted by Gasteiger charge is 2.16. The van der Waals surface area contributed by atoms with Gasteiger partial charge in [0.05, 0.1) is 0 Å². The Kier molecular flexibility index (Phi) is 5.13. The van der Waals surface area contributed by atoms with Crippen molar-refractivity contribution in [2.24, 2.45) is 5.92 Å². The summed E-state index contributed by atoms with van der Waals surface area (Å²) in [4.78, 5) is 0. The van der Waals surface area contributed by atoms with Gasteiger partial charge in [0.2, 0.25) is 0 Å². The van der Waals surface area contributed by atoms with E-state index in [4.69, 9.17) is 12.2 Å². The topological polar surface area (TPSA) is 24.1 Å². The number of hydrogen-bond donors (Lipinski definition) is 2. The average molecular weight is 200 g/mol. The smallest absolute Gasteiger partial charge is 0.166 e. The van der Waals surface area contributed by atoms with Gasteiger partial charge in [0.1, 0.15) is 0 Å². The third-order valence-electron chi connectivity index (χ3n) is 2.59. The quantitative estimate of drug-likeness (QED) is 0.525. The van der Waals surface area contributed by atoms with E-state index in [1.54, 1.807) is 0 Å². The van der Waals surface area contributed by atoms with Gasteiger partial charge in [0.25, 0.3) is 0 Å². The summed E-state index contributed by atoms with van der Waals surface area (Å²) in [6.45, 7) is 4.26. The van der Waals surface area contributed by atoms with E-state index in [-0.39, 0.29) is 0 Å². The molecule has 1 saturated carbocycles. The summed E-state index contributed by atoms with van der Waals surface area (Å²) in [5, 5.41) is 7.30. The Morgan fingerprint density at radius 3 is 2.69 bits per heavy atom. The van der Waals surface area contributed by atoms with Gasteiger partial charge in [-0.2, -0.15) is 0 Å². The molecular weight excluding hydrogens is 180 g/mol. The van der Waals surface area contributed by atoms with Crippen LogP contribution in [0.2, 0.25) is 0 Å². The zero-order chi connectivity index (χ0) is 9.52. The van der Waals surface area contributed by atoms with Gasteiger partial charge in [0, 0.05) is 13.1 Å². The third kappa shape index (κ3) is 4.46. The molecule has 0 amide bonds. The number of hydrogen-bond acceptors (Lipinski definition) is 1. The lowest BCUT2D eigenvalue weighted by molar-refractivity contribution is 0.315. The van der Waals surface area contributed by atoms with Crippen LogP contribution in [0.4, 0.5) is 0 Å². The van der Waals surface area contributed by atoms with E-state index in [2.05, 4.69) is 17.6 Å². The van der Waals surface area contributed by atoms with E-state index in [0.717, 1.165) is 24.1 Å². The molecule has 1 rings (SSSR count). The van der Waals surface area contributed by atoms with Gasteiger partial charge in [-0.05, 0) is 37.4 Å². The first kappa shape index (κ1) is 10.8. The number of nitrogens with one attached hydrogen (secondary N) is 2. The molecule has 0 unspecified atom stereocenters. The summed E-state index contributed by atoms with van der Waals surface area (Å²) in [5.41, 5.74) is 0. The van der Waals surface area contributed by atoms with Gasteiger partial charge in [-0.1, -0.05) is 19.8 Å². The van der Waals surface area contributed by atoms with Gasteiger partial charge in [-0.3, -0.25) is 0 Å². The molecule has 0 radical (unpaired) electrons. The third-order valence-corrected chi connectivity index (χ3v) is 2.88. The Bertz CT molecular complexity index is 155. The van der Waals surface area contributed by atoms with Gasteiger partial charge < -0.3 is 10.6 Å². The van der Waals surface area contributed by atoms with E-state index in [9.17, 15) is 0 Å². The Hall–Kier alpha value is -0.310. The molecule has 0 aromatic heterocycles. The molecule has 2 N–H and O–H groups in total. The molecule has 1 fully saturated rings. The maximum absolute atomic E-state index is 5.14. The summed E-state index contributed by atoms with van der Waals surface area (Å²) in [6, 6.07) is 0. The predicted molar refractivity (Wildman–Crippen MR) is 60.9 cm³/mol. The molecule has 0 aromatic carbocycles. The molecule has 0 bridgehead atoms. The summed E-state index contributed by atoms with van der Waals surface area (Å²) in [6.07, 6.45) is 6.58. The minimum Gasteiger partial charge on any atom is -0.363 e. The van der Waals surface area contributed by atoms with E-state index < -0.39 is 0 Å². The van der Waals surface area contributed by atoms with Crippen molar-refractivity contribution in [3.05, 3.63) is 0 Å². The summed E-state index contributed by atoms with van der Waals surface area (Å²) in [7, 11) is 0. The first-order valence-electron chi connectivity index (χ1n) is 5.34. The zero-order valence-electron chi connectivity index (χ0n) is 8.44. The van der Waals surface area contributed by atoms with E-state index in [1.807, 2.05) is 0 Å². The Morgan fingerprint density at radius 2 is 2.15 bits per heavy atom. The normalized spacial score (nSPS) is 16.4. The van der Waals surface area contributed by atoms with Crippen LogP contribution in [0.1, 0.15) is 39.0 Å². The number of rotatable bonds is 5. The van der Waals surface area contributed by atoms with Crippen LogP contribution >= 0.6 is 12.2 Å². The molecule has 0 spiro atoms. The molecule has 0 saturated heterocycles. The maximum Gasteiger partial charge on any atom is 0.166 e. The second-order valence-electron chi connectivity index (χ2n) is 3.79. The van der Waals surface area contributed by atoms with E-state index >= 15 is 0 Å². The highest BCUT2D eigenvalue weighted by atomic mass is 32.1. The van der Waals surface area contributed by atoms with E-state index in [0.29, 0.717) is 0 Å². The van der Waals surface area contributed by atoms with Crippen LogP contribution in [0.5, 0.6) is 0 Å². The Labute approximate surface area is 86.5 Å². The molecule has 0 aromatic rings. The molecule has 13 heavy (non-hydrogen) atoms. The summed E-state index contributed by atoms with van der Waals surface area (Å²) < 4.78 is 0. The molecule has 0 aliphatic heterocycles. The van der Waals surface area contributed by atoms with Crippen LogP contribution in [0.15, 0.2) is 0 Å². The van der Waals surface area contributed by atoms with Gasteiger partial charge in [0.15, 0.2) is 5.11 Å². The summed E-state index contributed by atoms with van der Waals surface area (Å²) >= 11 is 5.14. The van der Waals surface area contributed by atoms with Crippen LogP contribution in [0.25, 0.3) is 0 Å². The van der Waals surface area contributed by atoms with Crippen LogP contribution in [-0.4, -0.2) is 18.2 Å². The lowest BCUT2D eigenvalue weighted by Gasteiger charge is -2.26. The van der Waals surface area contributed by atoms with Crippen LogP contribution < -0.4 is 10.6 Å². The van der Waals surface area contributed by atoms with Crippen molar-refractivity contribution >= 4 is 17.3 Å². The average Bonchev–Trinajstić information content (AvgIpc) is 2.02. The first-order valence-corrected chi connectivity index (χ1v) is 5.75. The first-order chi connectivity index (χ1) is 6.33. The second-order valence-corrected chi connectivity index (χ2v) is 4.20. The molecule has 1 aliphatic carbocycles. The predicted octanol–water partition coefficient (Wildman–Crippen LogP) is 2.05. The Morgan fingerprint density at radius 1 is 1.38 bits per heavy atom. The van der Waals surface area contributed by atoms with Gasteiger partial charge >= 0.3 is 0 Å². The molecule has 2 nitrogen and oxygen atoms in total. The SMILES string of the molecule is CCCCNC(=S)NCC1CCC1. The largest absolute Gasteiger partial charge is 0.363 e. The van der Waals surface area contributed by atoms with Crippen molar-refractivity contribution in [1.82, 2.24) is 10.6 Å². The minimum atomic E-state index is 0.834. The molecule has 76 valence electrons. The highest BCUT2D eigenvalue weighted by molar-refractivity contribution is 7.80. The van der Waals surface area contributed by atoms with Crippen molar-refractivity contribution in [2.45, 2.75) is 39.0 Å². The number of thiocarbonyl (C=S) groups is 1. The minimum absolute atomic E-state index is 0.834. The van der Waals surface area contributed by atoms with Crippen molar-refractivity contribution < 1.29 is 0 Å². The number of unbranched alkanes of at least 4 members (excludes halogenated alkanes) is 1. The highest BCUT2D eigenvalue weighted by Crippen LogP contribution is 2.24. The molecule has 1 aliphatic rings. The monoisotopic (exact) mass is 200 g/mol. The summed E-state index contributed by atoms with van der Waals surface area (Å²) in [5.74, 6) is 0.880. The van der Waals surface area contributed by atoms with Crippen LogP contribution in [0.3, 0.4) is 0 Å². The molecular formula is C10H20N2S. The molecule has 0 heterocycles. The van der Waals surface area contributed by atoms with Crippen molar-refractivity contribution in [1.29, 1.82) is 0 Å². The van der Waals surface area contributed by atoms with Crippen LogP contribution in [-0.2, 0) is 0 Å². The van der Waals surface area contributed by atoms with Gasteiger partial charge in [-0.15, -0.1) is 0 Å². The van der Waals surface area contributed by atoms with Crippen LogP contribution in [0, 0.1) is 5.92 Å². The van der Waals surface area contributed by atoms with E-state index in [1.165, 1.54) is 32.1 Å². The zero-order valence-corrected chi connectivity index (χ0v) is 9.25. The lowest BCUT2D eigenvalue weighted by atomic mass is 9.85.